The van der Waals surface area contributed by atoms with Crippen LogP contribution in [0.15, 0.2) is 59.5 Å². The Bertz CT molecular complexity index is 847. The minimum absolute atomic E-state index is 0.0119. The van der Waals surface area contributed by atoms with Gasteiger partial charge in [-0.1, -0.05) is 51.1 Å². The number of anilines is 1. The van der Waals surface area contributed by atoms with E-state index >= 15 is 0 Å². The van der Waals surface area contributed by atoms with E-state index in [1.165, 1.54) is 16.4 Å². The summed E-state index contributed by atoms with van der Waals surface area (Å²) in [6.45, 7) is 7.75. The third-order valence-electron chi connectivity index (χ3n) is 4.49. The summed E-state index contributed by atoms with van der Waals surface area (Å²) >= 11 is 0. The fourth-order valence-corrected chi connectivity index (χ4v) is 4.06. The first kappa shape index (κ1) is 21.0. The van der Waals surface area contributed by atoms with Crippen LogP contribution >= 0.6 is 0 Å². The Labute approximate surface area is 162 Å². The van der Waals surface area contributed by atoms with Crippen molar-refractivity contribution in [3.05, 3.63) is 60.2 Å². The summed E-state index contributed by atoms with van der Waals surface area (Å²) in [5.74, 6) is 0.0173. The lowest BCUT2D eigenvalue weighted by Gasteiger charge is -2.25. The molecule has 5 nitrogen and oxygen atoms in total. The van der Waals surface area contributed by atoms with Gasteiger partial charge in [0, 0.05) is 6.04 Å². The molecule has 1 atom stereocenters. The van der Waals surface area contributed by atoms with E-state index in [1.54, 1.807) is 30.3 Å². The molecule has 1 N–H and O–H groups in total. The third kappa shape index (κ3) is 5.32. The van der Waals surface area contributed by atoms with Gasteiger partial charge < -0.3 is 5.32 Å². The maximum atomic E-state index is 13.2. The van der Waals surface area contributed by atoms with Gasteiger partial charge in [0.05, 0.1) is 10.6 Å². The van der Waals surface area contributed by atoms with Crippen molar-refractivity contribution in [2.75, 3.05) is 10.8 Å². The molecule has 0 spiro atoms. The Balaban J connectivity index is 2.40. The Hall–Kier alpha value is -2.34. The Morgan fingerprint density at radius 3 is 2.11 bits per heavy atom. The number of nitrogens with zero attached hydrogens (tertiary/aromatic N) is 1. The van der Waals surface area contributed by atoms with Crippen LogP contribution in [0.3, 0.4) is 0 Å². The summed E-state index contributed by atoms with van der Waals surface area (Å²) in [4.78, 5) is 12.6. The molecule has 0 aliphatic heterocycles. The zero-order valence-electron chi connectivity index (χ0n) is 16.3. The van der Waals surface area contributed by atoms with Crippen LogP contribution in [0.5, 0.6) is 0 Å². The van der Waals surface area contributed by atoms with Crippen molar-refractivity contribution in [3.8, 4) is 0 Å². The van der Waals surface area contributed by atoms with Crippen LogP contribution in [0.25, 0.3) is 0 Å². The second-order valence-corrected chi connectivity index (χ2v) is 8.81. The molecular formula is C21H28N2O3S. The van der Waals surface area contributed by atoms with Crippen LogP contribution in [-0.4, -0.2) is 26.9 Å². The summed E-state index contributed by atoms with van der Waals surface area (Å²) in [5, 5.41) is 2.84. The van der Waals surface area contributed by atoms with Gasteiger partial charge in [0.15, 0.2) is 0 Å². The maximum Gasteiger partial charge on any atom is 0.264 e. The van der Waals surface area contributed by atoms with E-state index in [9.17, 15) is 13.2 Å². The van der Waals surface area contributed by atoms with Crippen molar-refractivity contribution in [1.82, 2.24) is 5.32 Å². The molecule has 27 heavy (non-hydrogen) atoms. The molecule has 2 rings (SSSR count). The monoisotopic (exact) mass is 388 g/mol. The van der Waals surface area contributed by atoms with Crippen LogP contribution in [0.4, 0.5) is 5.69 Å². The molecule has 6 heteroatoms. The third-order valence-corrected chi connectivity index (χ3v) is 6.27. The number of amides is 1. The van der Waals surface area contributed by atoms with Gasteiger partial charge >= 0.3 is 0 Å². The van der Waals surface area contributed by atoms with Crippen LogP contribution < -0.4 is 9.62 Å². The van der Waals surface area contributed by atoms with Crippen LogP contribution in [0.2, 0.25) is 0 Å². The number of carbonyl (C=O) groups is 1. The minimum atomic E-state index is -3.85. The predicted octanol–water partition coefficient (Wildman–Crippen LogP) is 3.92. The largest absolute Gasteiger partial charge is 0.352 e. The lowest BCUT2D eigenvalue weighted by Crippen LogP contribution is -2.43. The number of nitrogens with one attached hydrogen (secondary N) is 1. The second kappa shape index (κ2) is 9.04. The number of hydrogen-bond acceptors (Lipinski definition) is 3. The molecule has 0 radical (unpaired) electrons. The molecule has 0 heterocycles. The second-order valence-electron chi connectivity index (χ2n) is 6.95. The number of hydrogen-bond donors (Lipinski definition) is 1. The van der Waals surface area contributed by atoms with E-state index in [2.05, 4.69) is 19.2 Å². The van der Waals surface area contributed by atoms with Gasteiger partial charge in [0.2, 0.25) is 5.91 Å². The molecule has 0 saturated carbocycles. The number of benzene rings is 2. The Morgan fingerprint density at radius 2 is 1.59 bits per heavy atom. The van der Waals surface area contributed by atoms with Crippen molar-refractivity contribution < 1.29 is 13.2 Å². The molecule has 0 aromatic heterocycles. The van der Waals surface area contributed by atoms with Gasteiger partial charge in [-0.3, -0.25) is 9.10 Å². The lowest BCUT2D eigenvalue weighted by molar-refractivity contribution is -0.120. The highest BCUT2D eigenvalue weighted by molar-refractivity contribution is 7.92. The average Bonchev–Trinajstić information content (AvgIpc) is 2.66. The Morgan fingerprint density at radius 1 is 1.00 bits per heavy atom. The molecule has 1 amide bonds. The highest BCUT2D eigenvalue weighted by atomic mass is 32.2. The number of carbonyl (C=O) groups excluding carboxylic acids is 1. The normalized spacial score (nSPS) is 12.6. The van der Waals surface area contributed by atoms with E-state index < -0.39 is 10.0 Å². The number of rotatable bonds is 8. The molecule has 146 valence electrons. The number of sulfonamides is 1. The van der Waals surface area contributed by atoms with E-state index in [1.807, 2.05) is 26.0 Å². The van der Waals surface area contributed by atoms with Crippen molar-refractivity contribution >= 4 is 21.6 Å². The minimum Gasteiger partial charge on any atom is -0.352 e. The molecule has 0 aliphatic rings. The molecule has 0 unspecified atom stereocenters. The highest BCUT2D eigenvalue weighted by Gasteiger charge is 2.27. The predicted molar refractivity (Wildman–Crippen MR) is 109 cm³/mol. The van der Waals surface area contributed by atoms with Gasteiger partial charge in [0.1, 0.15) is 6.54 Å². The standard InChI is InChI=1S/C21H28N2O3S/c1-5-17(4)22-21(24)15-23(19-13-11-18(12-14-19)16(2)3)27(25,26)20-9-7-6-8-10-20/h6-14,16-17H,5,15H2,1-4H3,(H,22,24)/t17-/m1/s1. The van der Waals surface area contributed by atoms with Gasteiger partial charge in [-0.25, -0.2) is 8.42 Å². The van der Waals surface area contributed by atoms with Gasteiger partial charge in [-0.15, -0.1) is 0 Å². The van der Waals surface area contributed by atoms with E-state index in [0.717, 1.165) is 12.0 Å². The van der Waals surface area contributed by atoms with E-state index in [0.29, 0.717) is 11.6 Å². The summed E-state index contributed by atoms with van der Waals surface area (Å²) in [6, 6.07) is 15.5. The first-order valence-electron chi connectivity index (χ1n) is 9.22. The average molecular weight is 389 g/mol. The van der Waals surface area contributed by atoms with Gasteiger partial charge in [0.25, 0.3) is 10.0 Å². The van der Waals surface area contributed by atoms with Crippen molar-refractivity contribution in [2.45, 2.75) is 51.0 Å². The Kier molecular flexibility index (Phi) is 7.02. The summed E-state index contributed by atoms with van der Waals surface area (Å²) < 4.78 is 27.5. The van der Waals surface area contributed by atoms with Gasteiger partial charge in [-0.05, 0) is 49.1 Å². The van der Waals surface area contributed by atoms with E-state index in [-0.39, 0.29) is 23.4 Å². The van der Waals surface area contributed by atoms with Crippen molar-refractivity contribution in [3.63, 3.8) is 0 Å². The fraction of sp³-hybridized carbons (Fsp3) is 0.381. The molecule has 0 bridgehead atoms. The van der Waals surface area contributed by atoms with Crippen LogP contribution in [0, 0.1) is 0 Å². The first-order valence-corrected chi connectivity index (χ1v) is 10.7. The molecule has 0 aliphatic carbocycles. The zero-order valence-corrected chi connectivity index (χ0v) is 17.2. The summed E-state index contributed by atoms with van der Waals surface area (Å²) in [5.41, 5.74) is 1.59. The lowest BCUT2D eigenvalue weighted by atomic mass is 10.0. The summed E-state index contributed by atoms with van der Waals surface area (Å²) in [6.07, 6.45) is 0.778. The zero-order chi connectivity index (χ0) is 20.0. The van der Waals surface area contributed by atoms with Gasteiger partial charge in [-0.2, -0.15) is 0 Å². The quantitative estimate of drug-likeness (QED) is 0.745. The molecule has 2 aromatic carbocycles. The smallest absolute Gasteiger partial charge is 0.264 e. The molecule has 0 saturated heterocycles. The van der Waals surface area contributed by atoms with Crippen LogP contribution in [-0.2, 0) is 14.8 Å². The highest BCUT2D eigenvalue weighted by Crippen LogP contribution is 2.25. The molecule has 2 aromatic rings. The SMILES string of the molecule is CC[C@@H](C)NC(=O)CN(c1ccc(C(C)C)cc1)S(=O)(=O)c1ccccc1. The van der Waals surface area contributed by atoms with E-state index in [4.69, 9.17) is 0 Å². The molecule has 0 fully saturated rings. The van der Waals surface area contributed by atoms with Crippen molar-refractivity contribution in [2.24, 2.45) is 0 Å². The maximum absolute atomic E-state index is 13.2. The first-order chi connectivity index (χ1) is 12.8. The fourth-order valence-electron chi connectivity index (χ4n) is 2.61. The molecular weight excluding hydrogens is 360 g/mol. The van der Waals surface area contributed by atoms with Crippen LogP contribution in [0.1, 0.15) is 45.6 Å². The van der Waals surface area contributed by atoms with Crippen molar-refractivity contribution in [1.29, 1.82) is 0 Å². The summed E-state index contributed by atoms with van der Waals surface area (Å²) in [7, 11) is -3.85. The topological polar surface area (TPSA) is 66.5 Å².